The van der Waals surface area contributed by atoms with Gasteiger partial charge in [0.05, 0.1) is 24.6 Å². The van der Waals surface area contributed by atoms with E-state index >= 15 is 0 Å². The van der Waals surface area contributed by atoms with Crippen molar-refractivity contribution in [2.24, 2.45) is 0 Å². The van der Waals surface area contributed by atoms with Crippen LogP contribution >= 0.6 is 0 Å². The van der Waals surface area contributed by atoms with Crippen molar-refractivity contribution in [2.75, 3.05) is 51.6 Å². The van der Waals surface area contributed by atoms with Crippen molar-refractivity contribution in [3.8, 4) is 11.5 Å². The number of methoxy groups -OCH3 is 1. The van der Waals surface area contributed by atoms with E-state index in [4.69, 9.17) is 9.47 Å². The molecule has 1 aliphatic rings. The van der Waals surface area contributed by atoms with Crippen LogP contribution < -0.4 is 19.7 Å². The van der Waals surface area contributed by atoms with Gasteiger partial charge in [-0.15, -0.1) is 0 Å². The normalized spacial score (nSPS) is 12.6. The van der Waals surface area contributed by atoms with Crippen LogP contribution in [-0.2, 0) is 11.2 Å². The highest BCUT2D eigenvalue weighted by Gasteiger charge is 2.23. The van der Waals surface area contributed by atoms with Gasteiger partial charge in [0.25, 0.3) is 0 Å². The maximum Gasteiger partial charge on any atom is 0.247 e. The van der Waals surface area contributed by atoms with Crippen LogP contribution in [0.3, 0.4) is 0 Å². The lowest BCUT2D eigenvalue weighted by molar-refractivity contribution is -0.111. The summed E-state index contributed by atoms with van der Waals surface area (Å²) in [6, 6.07) is 12.5. The summed E-state index contributed by atoms with van der Waals surface area (Å²) < 4.78 is 11.5. The number of nitrogens with zero attached hydrogens (tertiary/aromatic N) is 4. The van der Waals surface area contributed by atoms with Crippen molar-refractivity contribution >= 4 is 23.1 Å². The smallest absolute Gasteiger partial charge is 0.247 e. The fraction of sp³-hybridized carbons (Fsp3) is 0.333. The molecule has 3 aromatic rings. The van der Waals surface area contributed by atoms with Gasteiger partial charge >= 0.3 is 0 Å². The Balaban J connectivity index is 1.58. The number of anilines is 2. The Labute approximate surface area is 229 Å². The average molecular weight is 530 g/mol. The Morgan fingerprint density at radius 3 is 2.49 bits per heavy atom. The van der Waals surface area contributed by atoms with Gasteiger partial charge in [0, 0.05) is 49.9 Å². The zero-order valence-corrected chi connectivity index (χ0v) is 22.9. The Kier molecular flexibility index (Phi) is 8.93. The predicted octanol–water partition coefficient (Wildman–Crippen LogP) is 3.97. The fourth-order valence-electron chi connectivity index (χ4n) is 4.00. The van der Waals surface area contributed by atoms with Crippen LogP contribution in [0.2, 0.25) is 0 Å². The van der Waals surface area contributed by atoms with Crippen molar-refractivity contribution in [1.29, 1.82) is 0 Å². The van der Waals surface area contributed by atoms with Crippen LogP contribution in [0.1, 0.15) is 40.3 Å². The molecule has 0 saturated heterocycles. The molecule has 4 rings (SSSR count). The average Bonchev–Trinajstić information content (AvgIpc) is 3.76. The second-order valence-corrected chi connectivity index (χ2v) is 9.81. The van der Waals surface area contributed by atoms with E-state index < -0.39 is 0 Å². The van der Waals surface area contributed by atoms with Gasteiger partial charge in [-0.05, 0) is 69.4 Å². The molecule has 39 heavy (non-hydrogen) atoms. The molecule has 1 amide bonds. The molecule has 0 radical (unpaired) electrons. The number of likely N-dealkylation sites (N-methyl/N-ethyl adjacent to an activating group) is 2. The number of benzene rings is 2. The Morgan fingerprint density at radius 2 is 1.85 bits per heavy atom. The second-order valence-electron chi connectivity index (χ2n) is 9.81. The minimum atomic E-state index is -0.314. The zero-order valence-electron chi connectivity index (χ0n) is 22.9. The summed E-state index contributed by atoms with van der Waals surface area (Å²) in [6.45, 7) is 5.15. The van der Waals surface area contributed by atoms with Gasteiger partial charge < -0.3 is 24.6 Å². The van der Waals surface area contributed by atoms with Gasteiger partial charge in [-0.1, -0.05) is 6.58 Å². The number of amides is 1. The quantitative estimate of drug-likeness (QED) is 0.263. The highest BCUT2D eigenvalue weighted by Crippen LogP contribution is 2.34. The summed E-state index contributed by atoms with van der Waals surface area (Å²) in [5.41, 5.74) is 3.03. The molecule has 2 aromatic carbocycles. The summed E-state index contributed by atoms with van der Waals surface area (Å²) in [7, 11) is 7.58. The zero-order chi connectivity index (χ0) is 27.9. The number of ether oxygens (including phenoxy) is 2. The molecule has 0 bridgehead atoms. The van der Waals surface area contributed by atoms with E-state index in [9.17, 15) is 9.59 Å². The molecule has 0 unspecified atom stereocenters. The molecule has 9 heteroatoms. The van der Waals surface area contributed by atoms with Crippen molar-refractivity contribution in [3.63, 3.8) is 0 Å². The lowest BCUT2D eigenvalue weighted by atomic mass is 10.1. The summed E-state index contributed by atoms with van der Waals surface area (Å²) in [6.07, 6.45) is 5.57. The van der Waals surface area contributed by atoms with E-state index in [0.29, 0.717) is 41.0 Å². The van der Waals surface area contributed by atoms with Crippen molar-refractivity contribution in [2.45, 2.75) is 25.4 Å². The van der Waals surface area contributed by atoms with Crippen molar-refractivity contribution in [3.05, 3.63) is 84.0 Å². The maximum atomic E-state index is 13.1. The van der Waals surface area contributed by atoms with Gasteiger partial charge in [0.2, 0.25) is 11.7 Å². The largest absolute Gasteiger partial charge is 0.496 e. The number of ketones is 1. The Morgan fingerprint density at radius 1 is 1.10 bits per heavy atom. The number of hydrogen-bond donors (Lipinski definition) is 1. The van der Waals surface area contributed by atoms with E-state index in [2.05, 4.69) is 31.7 Å². The minimum Gasteiger partial charge on any atom is -0.496 e. The first-order valence-corrected chi connectivity index (χ1v) is 12.9. The molecule has 1 fully saturated rings. The number of rotatable bonds is 13. The van der Waals surface area contributed by atoms with E-state index in [0.717, 1.165) is 42.9 Å². The third-order valence-corrected chi connectivity index (χ3v) is 6.37. The van der Waals surface area contributed by atoms with Gasteiger partial charge in [0.15, 0.2) is 0 Å². The summed E-state index contributed by atoms with van der Waals surface area (Å²) in [5.74, 6) is 1.35. The maximum absolute atomic E-state index is 13.1. The molecule has 1 saturated carbocycles. The van der Waals surface area contributed by atoms with E-state index in [1.807, 2.05) is 45.4 Å². The van der Waals surface area contributed by atoms with Crippen LogP contribution in [0, 0.1) is 0 Å². The topological polar surface area (TPSA) is 96.9 Å². The minimum absolute atomic E-state index is 0.194. The molecule has 1 aromatic heterocycles. The predicted molar refractivity (Wildman–Crippen MR) is 152 cm³/mol. The van der Waals surface area contributed by atoms with E-state index in [1.54, 1.807) is 31.5 Å². The van der Waals surface area contributed by atoms with Crippen LogP contribution in [0.25, 0.3) is 0 Å². The first-order chi connectivity index (χ1) is 18.8. The SMILES string of the molecule is C=CC(=O)Nc1cc(Cc2nccc(C(=O)c3ccc(OC4CC4)cc3)n2)c(OC)cc1N(C)CCN(C)C. The highest BCUT2D eigenvalue weighted by atomic mass is 16.5. The fourth-order valence-corrected chi connectivity index (χ4v) is 4.00. The lowest BCUT2D eigenvalue weighted by Gasteiger charge is -2.25. The summed E-state index contributed by atoms with van der Waals surface area (Å²) in [4.78, 5) is 38.4. The molecule has 0 atom stereocenters. The number of aromatic nitrogens is 2. The summed E-state index contributed by atoms with van der Waals surface area (Å²) >= 11 is 0. The first kappa shape index (κ1) is 27.8. The second kappa shape index (κ2) is 12.5. The molecular weight excluding hydrogens is 494 g/mol. The van der Waals surface area contributed by atoms with Crippen LogP contribution in [-0.4, -0.2) is 74.0 Å². The van der Waals surface area contributed by atoms with Crippen LogP contribution in [0.15, 0.2) is 61.3 Å². The lowest BCUT2D eigenvalue weighted by Crippen LogP contribution is -2.29. The van der Waals surface area contributed by atoms with Crippen LogP contribution in [0.4, 0.5) is 11.4 Å². The standard InChI is InChI=1S/C30H35N5O4/c1-6-29(36)33-25-17-21(27(38-5)19-26(25)35(4)16-15-34(2)3)18-28-31-14-13-24(32-28)30(37)20-7-9-22(10-8-20)39-23-11-12-23/h6-10,13-14,17,19,23H,1,11-12,15-16,18H2,2-5H3,(H,33,36). The molecule has 9 nitrogen and oxygen atoms in total. The molecule has 0 aliphatic heterocycles. The molecule has 204 valence electrons. The molecule has 1 heterocycles. The van der Waals surface area contributed by atoms with Crippen molar-refractivity contribution < 1.29 is 19.1 Å². The van der Waals surface area contributed by atoms with Gasteiger partial charge in [-0.25, -0.2) is 9.97 Å². The van der Waals surface area contributed by atoms with Gasteiger partial charge in [-0.3, -0.25) is 9.59 Å². The third-order valence-electron chi connectivity index (χ3n) is 6.37. The van der Waals surface area contributed by atoms with Gasteiger partial charge in [-0.2, -0.15) is 0 Å². The molecule has 0 spiro atoms. The van der Waals surface area contributed by atoms with Crippen LogP contribution in [0.5, 0.6) is 11.5 Å². The number of carbonyl (C=O) groups is 2. The summed E-state index contributed by atoms with van der Waals surface area (Å²) in [5, 5.41) is 2.90. The molecule has 1 aliphatic carbocycles. The highest BCUT2D eigenvalue weighted by molar-refractivity contribution is 6.07. The number of carbonyl (C=O) groups excluding carboxylic acids is 2. The Hall–Kier alpha value is -4.24. The molecular formula is C30H35N5O4. The number of nitrogens with one attached hydrogen (secondary N) is 1. The molecule has 1 N–H and O–H groups in total. The van der Waals surface area contributed by atoms with Gasteiger partial charge in [0.1, 0.15) is 23.0 Å². The van der Waals surface area contributed by atoms with E-state index in [-0.39, 0.29) is 11.7 Å². The monoisotopic (exact) mass is 529 g/mol. The third kappa shape index (κ3) is 7.42. The van der Waals surface area contributed by atoms with E-state index in [1.165, 1.54) is 6.08 Å². The number of hydrogen-bond acceptors (Lipinski definition) is 8. The van der Waals surface area contributed by atoms with Crippen molar-refractivity contribution in [1.82, 2.24) is 14.9 Å². The first-order valence-electron chi connectivity index (χ1n) is 12.9. The Bertz CT molecular complexity index is 1340.